The lowest BCUT2D eigenvalue weighted by Gasteiger charge is -2.25. The standard InChI is InChI=1S/C29H31N3O4S/c1-5-36-28(34)25-19(3)30-29-32(26(25)21-10-6-7-11-23(21)35-4)27(33)24(37-29)17-20-12-13-22(18(2)16-20)31-14-8-9-15-31/h6-7,10-13,16-17,26H,5,8-9,14-15H2,1-4H3/b24-17+/t26-/m1/s1. The highest BCUT2D eigenvalue weighted by Gasteiger charge is 2.34. The Morgan fingerprint density at radius 2 is 1.92 bits per heavy atom. The third-order valence-corrected chi connectivity index (χ3v) is 7.90. The van der Waals surface area contributed by atoms with Crippen LogP contribution in [0.3, 0.4) is 0 Å². The van der Waals surface area contributed by atoms with E-state index in [1.165, 1.54) is 35.4 Å². The summed E-state index contributed by atoms with van der Waals surface area (Å²) < 4.78 is 13.2. The Morgan fingerprint density at radius 3 is 2.62 bits per heavy atom. The SMILES string of the molecule is CCOC(=O)C1=C(C)N=c2s/c(=C/c3ccc(N4CCCC4)c(C)c3)c(=O)n2[C@@H]1c1ccccc1OC. The zero-order chi connectivity index (χ0) is 26.1. The van der Waals surface area contributed by atoms with Crippen LogP contribution in [0.25, 0.3) is 6.08 Å². The molecule has 2 aliphatic heterocycles. The lowest BCUT2D eigenvalue weighted by molar-refractivity contribution is -0.139. The van der Waals surface area contributed by atoms with Crippen LogP contribution in [0, 0.1) is 6.92 Å². The van der Waals surface area contributed by atoms with Gasteiger partial charge in [0.1, 0.15) is 11.8 Å². The number of benzene rings is 2. The molecule has 0 unspecified atom stereocenters. The van der Waals surface area contributed by atoms with Crippen molar-refractivity contribution in [3.63, 3.8) is 0 Å². The zero-order valence-corrected chi connectivity index (χ0v) is 22.4. The molecule has 7 nitrogen and oxygen atoms in total. The van der Waals surface area contributed by atoms with Crippen molar-refractivity contribution in [2.75, 3.05) is 31.7 Å². The number of nitrogens with zero attached hydrogens (tertiary/aromatic N) is 3. The van der Waals surface area contributed by atoms with Crippen LogP contribution >= 0.6 is 11.3 Å². The Balaban J connectivity index is 1.65. The van der Waals surface area contributed by atoms with Crippen LogP contribution in [-0.2, 0) is 9.53 Å². The molecule has 1 atom stereocenters. The molecule has 1 fully saturated rings. The van der Waals surface area contributed by atoms with Gasteiger partial charge in [-0.15, -0.1) is 0 Å². The van der Waals surface area contributed by atoms with Crippen molar-refractivity contribution < 1.29 is 14.3 Å². The normalized spacial score (nSPS) is 17.6. The largest absolute Gasteiger partial charge is 0.496 e. The van der Waals surface area contributed by atoms with Crippen molar-refractivity contribution in [2.24, 2.45) is 4.99 Å². The second-order valence-electron chi connectivity index (χ2n) is 9.28. The summed E-state index contributed by atoms with van der Waals surface area (Å²) in [5.41, 5.74) is 4.79. The first-order valence-electron chi connectivity index (χ1n) is 12.6. The Kier molecular flexibility index (Phi) is 7.02. The van der Waals surface area contributed by atoms with E-state index in [1.54, 1.807) is 25.5 Å². The summed E-state index contributed by atoms with van der Waals surface area (Å²) in [6.07, 6.45) is 4.36. The molecule has 5 rings (SSSR count). The number of fused-ring (bicyclic) bond motifs is 1. The summed E-state index contributed by atoms with van der Waals surface area (Å²) in [6.45, 7) is 8.06. The number of ether oxygens (including phenoxy) is 2. The van der Waals surface area contributed by atoms with E-state index in [-0.39, 0.29) is 12.2 Å². The Bertz CT molecular complexity index is 1560. The van der Waals surface area contributed by atoms with Crippen LogP contribution in [0.5, 0.6) is 5.75 Å². The van der Waals surface area contributed by atoms with Gasteiger partial charge in [0.2, 0.25) is 0 Å². The van der Waals surface area contributed by atoms with E-state index in [0.29, 0.717) is 31.9 Å². The van der Waals surface area contributed by atoms with Gasteiger partial charge in [-0.25, -0.2) is 9.79 Å². The van der Waals surface area contributed by atoms with Crippen molar-refractivity contribution in [2.45, 2.75) is 39.7 Å². The van der Waals surface area contributed by atoms with E-state index in [4.69, 9.17) is 9.47 Å². The molecule has 0 N–H and O–H groups in total. The molecule has 3 aromatic rings. The Labute approximate surface area is 220 Å². The summed E-state index contributed by atoms with van der Waals surface area (Å²) >= 11 is 1.33. The molecule has 2 aromatic carbocycles. The summed E-state index contributed by atoms with van der Waals surface area (Å²) in [4.78, 5) is 34.6. The van der Waals surface area contributed by atoms with Gasteiger partial charge in [0, 0.05) is 24.3 Å². The number of methoxy groups -OCH3 is 1. The molecule has 0 radical (unpaired) electrons. The molecule has 3 heterocycles. The van der Waals surface area contributed by atoms with Gasteiger partial charge in [-0.05, 0) is 69.0 Å². The predicted octanol–water partition coefficient (Wildman–Crippen LogP) is 3.72. The van der Waals surface area contributed by atoms with Gasteiger partial charge >= 0.3 is 5.97 Å². The maximum atomic E-state index is 13.9. The molecule has 0 spiro atoms. The molecule has 2 aliphatic rings. The number of thiazole rings is 1. The first-order valence-corrected chi connectivity index (χ1v) is 13.4. The van der Waals surface area contributed by atoms with Gasteiger partial charge in [0.05, 0.1) is 29.5 Å². The predicted molar refractivity (Wildman–Crippen MR) is 146 cm³/mol. The lowest BCUT2D eigenvalue weighted by Crippen LogP contribution is -2.40. The molecule has 0 amide bonds. The molecule has 0 saturated carbocycles. The van der Waals surface area contributed by atoms with Crippen molar-refractivity contribution >= 4 is 29.1 Å². The number of esters is 1. The minimum absolute atomic E-state index is 0.199. The fraction of sp³-hybridized carbons (Fsp3) is 0.345. The van der Waals surface area contributed by atoms with Crippen molar-refractivity contribution in [1.82, 2.24) is 4.57 Å². The quantitative estimate of drug-likeness (QED) is 0.466. The highest BCUT2D eigenvalue weighted by molar-refractivity contribution is 7.07. The van der Waals surface area contributed by atoms with E-state index in [1.807, 2.05) is 30.3 Å². The monoisotopic (exact) mass is 517 g/mol. The van der Waals surface area contributed by atoms with Crippen LogP contribution in [0.15, 0.2) is 63.5 Å². The Morgan fingerprint density at radius 1 is 1.16 bits per heavy atom. The number of hydrogen-bond donors (Lipinski definition) is 0. The van der Waals surface area contributed by atoms with Gasteiger partial charge in [-0.2, -0.15) is 0 Å². The minimum Gasteiger partial charge on any atom is -0.496 e. The molecule has 1 saturated heterocycles. The van der Waals surface area contributed by atoms with Crippen LogP contribution < -0.4 is 24.5 Å². The van der Waals surface area contributed by atoms with Gasteiger partial charge in [0.25, 0.3) is 5.56 Å². The third kappa shape index (κ3) is 4.62. The Hall–Kier alpha value is -3.65. The molecule has 1 aromatic heterocycles. The van der Waals surface area contributed by atoms with Crippen LogP contribution in [0.1, 0.15) is 49.4 Å². The zero-order valence-electron chi connectivity index (χ0n) is 21.6. The topological polar surface area (TPSA) is 73.1 Å². The average molecular weight is 518 g/mol. The number of anilines is 1. The summed E-state index contributed by atoms with van der Waals surface area (Å²) in [7, 11) is 1.58. The molecular weight excluding hydrogens is 486 g/mol. The van der Waals surface area contributed by atoms with Crippen molar-refractivity contribution in [3.8, 4) is 5.75 Å². The molecule has 0 aliphatic carbocycles. The highest BCUT2D eigenvalue weighted by Crippen LogP contribution is 2.35. The number of aromatic nitrogens is 1. The smallest absolute Gasteiger partial charge is 0.338 e. The molecular formula is C29H31N3O4S. The van der Waals surface area contributed by atoms with Gasteiger partial charge < -0.3 is 14.4 Å². The fourth-order valence-electron chi connectivity index (χ4n) is 5.21. The average Bonchev–Trinajstić information content (AvgIpc) is 3.52. The highest BCUT2D eigenvalue weighted by atomic mass is 32.1. The van der Waals surface area contributed by atoms with Gasteiger partial charge in [-0.3, -0.25) is 9.36 Å². The van der Waals surface area contributed by atoms with Crippen molar-refractivity contribution in [3.05, 3.63) is 90.1 Å². The van der Waals surface area contributed by atoms with Crippen LogP contribution in [0.4, 0.5) is 5.69 Å². The number of para-hydroxylation sites is 1. The maximum absolute atomic E-state index is 13.9. The van der Waals surface area contributed by atoms with E-state index in [2.05, 4.69) is 35.0 Å². The van der Waals surface area contributed by atoms with Gasteiger partial charge in [-0.1, -0.05) is 35.6 Å². The number of carbonyl (C=O) groups excluding carboxylic acids is 1. The van der Waals surface area contributed by atoms with Crippen molar-refractivity contribution in [1.29, 1.82) is 0 Å². The van der Waals surface area contributed by atoms with Crippen LogP contribution in [-0.4, -0.2) is 37.3 Å². The van der Waals surface area contributed by atoms with Crippen LogP contribution in [0.2, 0.25) is 0 Å². The second-order valence-corrected chi connectivity index (χ2v) is 10.3. The minimum atomic E-state index is -0.701. The first kappa shape index (κ1) is 25.0. The number of aryl methyl sites for hydroxylation is 1. The maximum Gasteiger partial charge on any atom is 0.338 e. The number of hydrogen-bond acceptors (Lipinski definition) is 7. The number of rotatable bonds is 6. The van der Waals surface area contributed by atoms with E-state index < -0.39 is 12.0 Å². The molecule has 8 heteroatoms. The van der Waals surface area contributed by atoms with E-state index >= 15 is 0 Å². The summed E-state index contributed by atoms with van der Waals surface area (Å²) in [6, 6.07) is 13.1. The number of allylic oxidation sites excluding steroid dienone is 1. The third-order valence-electron chi connectivity index (χ3n) is 6.92. The molecule has 37 heavy (non-hydrogen) atoms. The molecule has 192 valence electrons. The fourth-order valence-corrected chi connectivity index (χ4v) is 6.26. The number of carbonyl (C=O) groups is 1. The molecule has 0 bridgehead atoms. The van der Waals surface area contributed by atoms with E-state index in [9.17, 15) is 9.59 Å². The second kappa shape index (κ2) is 10.4. The summed E-state index contributed by atoms with van der Waals surface area (Å²) in [5, 5.41) is 0. The lowest BCUT2D eigenvalue weighted by atomic mass is 9.95. The van der Waals surface area contributed by atoms with E-state index in [0.717, 1.165) is 18.7 Å². The summed E-state index contributed by atoms with van der Waals surface area (Å²) in [5.74, 6) is 0.105. The first-order chi connectivity index (χ1) is 17.9. The van der Waals surface area contributed by atoms with Gasteiger partial charge in [0.15, 0.2) is 4.80 Å².